The molecule has 0 atom stereocenters. The molecule has 0 aromatic heterocycles. The Kier molecular flexibility index (Phi) is 9.56. The molecule has 4 N–H and O–H groups in total. The van der Waals surface area contributed by atoms with Gasteiger partial charge in [0.05, 0.1) is 11.4 Å². The zero-order valence-electron chi connectivity index (χ0n) is 14.4. The number of benzene rings is 2. The van der Waals surface area contributed by atoms with Gasteiger partial charge >= 0.3 is 6.09 Å². The van der Waals surface area contributed by atoms with Crippen molar-refractivity contribution in [3.8, 4) is 0 Å². The minimum Gasteiger partial charge on any atom is -0.444 e. The SMILES string of the molecule is CC(C)(C)OC(=O)Nc1ccccc1NC(=O)c1cc[c-]cc1.O.[Y]. The quantitative estimate of drug-likeness (QED) is 0.749. The summed E-state index contributed by atoms with van der Waals surface area (Å²) >= 11 is 0. The molecular formula is C18H21N2O4Y-. The van der Waals surface area contributed by atoms with Gasteiger partial charge in [0, 0.05) is 32.7 Å². The maximum absolute atomic E-state index is 12.2. The average molecular weight is 418 g/mol. The number of anilines is 2. The summed E-state index contributed by atoms with van der Waals surface area (Å²) in [6, 6.07) is 16.5. The van der Waals surface area contributed by atoms with Gasteiger partial charge in [-0.15, -0.1) is 0 Å². The second-order valence-corrected chi connectivity index (χ2v) is 5.92. The molecule has 131 valence electrons. The summed E-state index contributed by atoms with van der Waals surface area (Å²) in [4.78, 5) is 24.1. The number of carbonyl (C=O) groups is 2. The fourth-order valence-electron chi connectivity index (χ4n) is 1.85. The van der Waals surface area contributed by atoms with Gasteiger partial charge in [-0.25, -0.2) is 4.79 Å². The normalized spacial score (nSPS) is 9.88. The van der Waals surface area contributed by atoms with E-state index >= 15 is 0 Å². The van der Waals surface area contributed by atoms with Gasteiger partial charge in [-0.05, 0) is 32.9 Å². The van der Waals surface area contributed by atoms with Gasteiger partial charge in [0.2, 0.25) is 5.91 Å². The second kappa shape index (κ2) is 10.3. The Morgan fingerprint density at radius 2 is 1.48 bits per heavy atom. The van der Waals surface area contributed by atoms with Crippen LogP contribution in [-0.2, 0) is 37.4 Å². The molecule has 25 heavy (non-hydrogen) atoms. The molecule has 0 saturated heterocycles. The van der Waals surface area contributed by atoms with Crippen molar-refractivity contribution in [3.63, 3.8) is 0 Å². The molecule has 0 heterocycles. The average Bonchev–Trinajstić information content (AvgIpc) is 2.48. The number of para-hydroxylation sites is 2. The molecular weight excluding hydrogens is 397 g/mol. The van der Waals surface area contributed by atoms with Crippen molar-refractivity contribution >= 4 is 23.4 Å². The summed E-state index contributed by atoms with van der Waals surface area (Å²) in [7, 11) is 0. The van der Waals surface area contributed by atoms with Crippen molar-refractivity contribution in [1.29, 1.82) is 0 Å². The van der Waals surface area contributed by atoms with Gasteiger partial charge in [0.1, 0.15) is 5.60 Å². The Morgan fingerprint density at radius 3 is 2.00 bits per heavy atom. The monoisotopic (exact) mass is 418 g/mol. The van der Waals surface area contributed by atoms with Crippen LogP contribution in [0.2, 0.25) is 0 Å². The fourth-order valence-corrected chi connectivity index (χ4v) is 1.85. The first-order valence-electron chi connectivity index (χ1n) is 7.22. The van der Waals surface area contributed by atoms with Crippen LogP contribution < -0.4 is 10.6 Å². The predicted octanol–water partition coefficient (Wildman–Crippen LogP) is 3.26. The number of ether oxygens (including phenoxy) is 1. The first-order chi connectivity index (χ1) is 10.8. The van der Waals surface area contributed by atoms with E-state index in [1.807, 2.05) is 0 Å². The molecule has 2 aromatic rings. The molecule has 7 heteroatoms. The summed E-state index contributed by atoms with van der Waals surface area (Å²) in [5.74, 6) is -0.266. The van der Waals surface area contributed by atoms with Gasteiger partial charge in [-0.2, -0.15) is 30.3 Å². The van der Waals surface area contributed by atoms with E-state index in [9.17, 15) is 9.59 Å². The van der Waals surface area contributed by atoms with Crippen molar-refractivity contribution in [2.24, 2.45) is 0 Å². The van der Waals surface area contributed by atoms with Crippen LogP contribution in [0.15, 0.2) is 48.5 Å². The van der Waals surface area contributed by atoms with E-state index in [1.165, 1.54) is 0 Å². The van der Waals surface area contributed by atoms with Gasteiger partial charge in [-0.3, -0.25) is 10.1 Å². The third kappa shape index (κ3) is 7.77. The molecule has 0 fully saturated rings. The molecule has 0 aliphatic rings. The van der Waals surface area contributed by atoms with E-state index < -0.39 is 11.7 Å². The molecule has 0 bridgehead atoms. The third-order valence-corrected chi connectivity index (χ3v) is 2.79. The Labute approximate surface area is 172 Å². The molecule has 0 saturated carbocycles. The third-order valence-electron chi connectivity index (χ3n) is 2.79. The van der Waals surface area contributed by atoms with Gasteiger partial charge < -0.3 is 15.5 Å². The summed E-state index contributed by atoms with van der Waals surface area (Å²) < 4.78 is 5.22. The largest absolute Gasteiger partial charge is 0.444 e. The second-order valence-electron chi connectivity index (χ2n) is 5.92. The van der Waals surface area contributed by atoms with Crippen LogP contribution in [0.4, 0.5) is 16.2 Å². The van der Waals surface area contributed by atoms with Crippen molar-refractivity contribution in [2.45, 2.75) is 26.4 Å². The van der Waals surface area contributed by atoms with E-state index in [0.29, 0.717) is 16.9 Å². The Hall–Kier alpha value is -1.76. The maximum atomic E-state index is 12.2. The Bertz CT molecular complexity index is 700. The van der Waals surface area contributed by atoms with Crippen LogP contribution in [0.1, 0.15) is 31.1 Å². The summed E-state index contributed by atoms with van der Waals surface area (Å²) in [5.41, 5.74) is 0.882. The zero-order valence-corrected chi connectivity index (χ0v) is 17.3. The number of hydrogen-bond acceptors (Lipinski definition) is 3. The summed E-state index contributed by atoms with van der Waals surface area (Å²) in [5, 5.41) is 5.41. The number of amides is 2. The van der Waals surface area contributed by atoms with Gasteiger partial charge in [-0.1, -0.05) is 17.7 Å². The smallest absolute Gasteiger partial charge is 0.412 e. The van der Waals surface area contributed by atoms with Crippen molar-refractivity contribution in [3.05, 3.63) is 60.2 Å². The van der Waals surface area contributed by atoms with Crippen molar-refractivity contribution < 1.29 is 52.5 Å². The minimum atomic E-state index is -0.594. The van der Waals surface area contributed by atoms with Gasteiger partial charge in [0.15, 0.2) is 0 Å². The predicted molar refractivity (Wildman–Crippen MR) is 93.1 cm³/mol. The molecule has 0 aliphatic heterocycles. The number of nitrogens with one attached hydrogen (secondary N) is 2. The first kappa shape index (κ1) is 23.2. The first-order valence-corrected chi connectivity index (χ1v) is 7.22. The van der Waals surface area contributed by atoms with E-state index in [1.54, 1.807) is 69.3 Å². The zero-order chi connectivity index (χ0) is 16.9. The molecule has 6 nitrogen and oxygen atoms in total. The van der Waals surface area contributed by atoms with Gasteiger partial charge in [0.25, 0.3) is 0 Å². The fraction of sp³-hybridized carbons (Fsp3) is 0.222. The van der Waals surface area contributed by atoms with Crippen LogP contribution >= 0.6 is 0 Å². The summed E-state index contributed by atoms with van der Waals surface area (Å²) in [6.07, 6.45) is -0.575. The number of rotatable bonds is 3. The molecule has 0 aliphatic carbocycles. The van der Waals surface area contributed by atoms with E-state index in [4.69, 9.17) is 4.74 Å². The van der Waals surface area contributed by atoms with Crippen LogP contribution in [-0.4, -0.2) is 23.1 Å². The minimum absolute atomic E-state index is 0. The number of carbonyl (C=O) groups excluding carboxylic acids is 2. The molecule has 2 amide bonds. The van der Waals surface area contributed by atoms with Crippen LogP contribution in [0.25, 0.3) is 0 Å². The Balaban J connectivity index is 0.00000288. The van der Waals surface area contributed by atoms with Crippen LogP contribution in [0, 0.1) is 6.07 Å². The van der Waals surface area contributed by atoms with Crippen molar-refractivity contribution in [2.75, 3.05) is 10.6 Å². The molecule has 0 spiro atoms. The van der Waals surface area contributed by atoms with Crippen molar-refractivity contribution in [1.82, 2.24) is 0 Å². The summed E-state index contributed by atoms with van der Waals surface area (Å²) in [6.45, 7) is 5.35. The maximum Gasteiger partial charge on any atom is 0.412 e. The van der Waals surface area contributed by atoms with E-state index in [-0.39, 0.29) is 44.1 Å². The standard InChI is InChI=1S/C18H19N2O3.H2O.Y/c1-18(2,3)23-17(22)20-15-12-8-7-11-14(15)19-16(21)13-9-5-4-6-10-13;;/h5-12H,1-3H3,(H,19,21)(H,20,22);1H2;/q-1;;. The topological polar surface area (TPSA) is 98.9 Å². The molecule has 1 radical (unpaired) electrons. The number of hydrogen-bond donors (Lipinski definition) is 2. The molecule has 0 unspecified atom stereocenters. The Morgan fingerprint density at radius 1 is 0.960 bits per heavy atom. The van der Waals surface area contributed by atoms with E-state index in [0.717, 1.165) is 0 Å². The van der Waals surface area contributed by atoms with Crippen LogP contribution in [0.3, 0.4) is 0 Å². The molecule has 2 rings (SSSR count). The van der Waals surface area contributed by atoms with Crippen LogP contribution in [0.5, 0.6) is 0 Å². The molecule has 2 aromatic carbocycles. The van der Waals surface area contributed by atoms with E-state index in [2.05, 4.69) is 16.7 Å².